The van der Waals surface area contributed by atoms with Crippen molar-refractivity contribution in [1.82, 2.24) is 15.3 Å². The molecule has 7 nitrogen and oxygen atoms in total. The summed E-state index contributed by atoms with van der Waals surface area (Å²) in [7, 11) is 0. The van der Waals surface area contributed by atoms with Gasteiger partial charge in [0.05, 0.1) is 18.3 Å². The predicted octanol–water partition coefficient (Wildman–Crippen LogP) is 3.69. The fourth-order valence-corrected chi connectivity index (χ4v) is 4.93. The molecule has 31 heavy (non-hydrogen) atoms. The summed E-state index contributed by atoms with van der Waals surface area (Å²) in [6, 6.07) is 8.30. The Morgan fingerprint density at radius 1 is 1.29 bits per heavy atom. The number of hydrogen-bond acceptors (Lipinski definition) is 6. The van der Waals surface area contributed by atoms with E-state index >= 15 is 0 Å². The van der Waals surface area contributed by atoms with Crippen LogP contribution in [0.25, 0.3) is 0 Å². The zero-order valence-corrected chi connectivity index (χ0v) is 18.8. The van der Waals surface area contributed by atoms with Crippen LogP contribution in [0.1, 0.15) is 62.2 Å². The number of amides is 1. The molecule has 1 atom stereocenters. The van der Waals surface area contributed by atoms with Crippen LogP contribution < -0.4 is 10.2 Å². The van der Waals surface area contributed by atoms with Gasteiger partial charge in [-0.05, 0) is 58.1 Å². The van der Waals surface area contributed by atoms with Crippen molar-refractivity contribution in [2.45, 2.75) is 65.2 Å². The molecule has 1 aliphatic heterocycles. The topological polar surface area (TPSA) is 87.6 Å². The van der Waals surface area contributed by atoms with E-state index in [1.54, 1.807) is 6.20 Å². The molecular weight excluding hydrogens is 392 g/mol. The quantitative estimate of drug-likeness (QED) is 0.781. The molecule has 0 saturated carbocycles. The largest absolute Gasteiger partial charge is 0.444 e. The van der Waals surface area contributed by atoms with Crippen LogP contribution in [-0.2, 0) is 17.8 Å². The SMILES string of the molecule is Cc1cnc(CO)c(N2CCC3(CC2)Cc2ccccc2C3NC(=O)OC(C)(C)C)n1. The molecule has 1 aromatic carbocycles. The number of aliphatic hydroxyl groups excluding tert-OH is 1. The van der Waals surface area contributed by atoms with Crippen LogP contribution in [0.3, 0.4) is 0 Å². The molecule has 7 heteroatoms. The smallest absolute Gasteiger partial charge is 0.408 e. The maximum Gasteiger partial charge on any atom is 0.408 e. The van der Waals surface area contributed by atoms with E-state index in [1.165, 1.54) is 11.1 Å². The highest BCUT2D eigenvalue weighted by atomic mass is 16.6. The van der Waals surface area contributed by atoms with Gasteiger partial charge in [0.2, 0.25) is 0 Å². The average molecular weight is 425 g/mol. The van der Waals surface area contributed by atoms with Gasteiger partial charge in [0.15, 0.2) is 5.82 Å². The van der Waals surface area contributed by atoms with Crippen molar-refractivity contribution in [1.29, 1.82) is 0 Å². The lowest BCUT2D eigenvalue weighted by Gasteiger charge is -2.44. The number of anilines is 1. The molecule has 0 radical (unpaired) electrons. The van der Waals surface area contributed by atoms with Crippen LogP contribution in [-0.4, -0.2) is 39.9 Å². The molecule has 1 spiro atoms. The number of piperidine rings is 1. The van der Waals surface area contributed by atoms with Crippen molar-refractivity contribution in [3.8, 4) is 0 Å². The van der Waals surface area contributed by atoms with Gasteiger partial charge in [-0.3, -0.25) is 4.98 Å². The lowest BCUT2D eigenvalue weighted by Crippen LogP contribution is -2.48. The second-order valence-electron chi connectivity index (χ2n) is 9.74. The Bertz CT molecular complexity index is 962. The Balaban J connectivity index is 1.57. The summed E-state index contributed by atoms with van der Waals surface area (Å²) in [5.74, 6) is 0.768. The Kier molecular flexibility index (Phi) is 5.64. The molecule has 166 valence electrons. The van der Waals surface area contributed by atoms with Gasteiger partial charge >= 0.3 is 6.09 Å². The van der Waals surface area contributed by atoms with E-state index in [1.807, 2.05) is 33.8 Å². The number of aromatic nitrogens is 2. The van der Waals surface area contributed by atoms with Crippen LogP contribution in [0, 0.1) is 12.3 Å². The number of carbonyl (C=O) groups excluding carboxylic acids is 1. The van der Waals surface area contributed by atoms with E-state index in [9.17, 15) is 9.90 Å². The van der Waals surface area contributed by atoms with E-state index in [-0.39, 0.29) is 24.2 Å². The van der Waals surface area contributed by atoms with Gasteiger partial charge < -0.3 is 20.1 Å². The monoisotopic (exact) mass is 424 g/mol. The summed E-state index contributed by atoms with van der Waals surface area (Å²) in [6.07, 6.45) is 4.06. The molecular formula is C24H32N4O3. The molecule has 1 unspecified atom stereocenters. The van der Waals surface area contributed by atoms with E-state index in [4.69, 9.17) is 4.74 Å². The number of ether oxygens (including phenoxy) is 1. The molecule has 1 aliphatic carbocycles. The lowest BCUT2D eigenvalue weighted by atomic mass is 9.72. The normalized spacial score (nSPS) is 19.9. The molecule has 2 N–H and O–H groups in total. The number of aryl methyl sites for hydroxylation is 1. The van der Waals surface area contributed by atoms with Gasteiger partial charge in [-0.1, -0.05) is 24.3 Å². The molecule has 1 saturated heterocycles. The summed E-state index contributed by atoms with van der Waals surface area (Å²) in [4.78, 5) is 23.9. The average Bonchev–Trinajstić information content (AvgIpc) is 3.00. The summed E-state index contributed by atoms with van der Waals surface area (Å²) in [5, 5.41) is 12.9. The fraction of sp³-hybridized carbons (Fsp3) is 0.542. The number of aliphatic hydroxyl groups is 1. The van der Waals surface area contributed by atoms with Crippen LogP contribution in [0.2, 0.25) is 0 Å². The minimum atomic E-state index is -0.538. The van der Waals surface area contributed by atoms with Crippen molar-refractivity contribution >= 4 is 11.9 Å². The maximum atomic E-state index is 12.7. The first-order valence-electron chi connectivity index (χ1n) is 11.0. The van der Waals surface area contributed by atoms with Crippen LogP contribution in [0.15, 0.2) is 30.5 Å². The molecule has 4 rings (SSSR count). The van der Waals surface area contributed by atoms with Gasteiger partial charge in [0.25, 0.3) is 0 Å². The minimum absolute atomic E-state index is 0.0618. The first-order valence-corrected chi connectivity index (χ1v) is 11.0. The summed E-state index contributed by atoms with van der Waals surface area (Å²) >= 11 is 0. The number of rotatable bonds is 3. The number of fused-ring (bicyclic) bond motifs is 1. The van der Waals surface area contributed by atoms with Crippen LogP contribution in [0.4, 0.5) is 10.6 Å². The highest BCUT2D eigenvalue weighted by Crippen LogP contribution is 2.52. The Morgan fingerprint density at radius 2 is 2.00 bits per heavy atom. The zero-order chi connectivity index (χ0) is 22.2. The van der Waals surface area contributed by atoms with E-state index in [2.05, 4.69) is 38.4 Å². The Morgan fingerprint density at radius 3 is 2.68 bits per heavy atom. The summed E-state index contributed by atoms with van der Waals surface area (Å²) in [5.41, 5.74) is 3.33. The van der Waals surface area contributed by atoms with Gasteiger partial charge in [0, 0.05) is 24.7 Å². The van der Waals surface area contributed by atoms with Crippen molar-refractivity contribution in [2.24, 2.45) is 5.41 Å². The number of nitrogens with one attached hydrogen (secondary N) is 1. The van der Waals surface area contributed by atoms with Gasteiger partial charge in [-0.2, -0.15) is 0 Å². The second kappa shape index (κ2) is 8.11. The molecule has 1 amide bonds. The predicted molar refractivity (Wildman–Crippen MR) is 119 cm³/mol. The van der Waals surface area contributed by atoms with Crippen LogP contribution in [0.5, 0.6) is 0 Å². The van der Waals surface area contributed by atoms with Crippen molar-refractivity contribution in [3.05, 3.63) is 53.0 Å². The maximum absolute atomic E-state index is 12.7. The number of benzene rings is 1. The highest BCUT2D eigenvalue weighted by Gasteiger charge is 2.48. The Hall–Kier alpha value is -2.67. The number of carbonyl (C=O) groups is 1. The first kappa shape index (κ1) is 21.6. The van der Waals surface area contributed by atoms with Crippen molar-refractivity contribution in [3.63, 3.8) is 0 Å². The molecule has 2 aromatic rings. The Labute approximate surface area is 183 Å². The minimum Gasteiger partial charge on any atom is -0.444 e. The number of hydrogen-bond donors (Lipinski definition) is 2. The molecule has 2 aliphatic rings. The van der Waals surface area contributed by atoms with Crippen LogP contribution >= 0.6 is 0 Å². The second-order valence-corrected chi connectivity index (χ2v) is 9.74. The number of alkyl carbamates (subject to hydrolysis) is 1. The fourth-order valence-electron chi connectivity index (χ4n) is 4.93. The van der Waals surface area contributed by atoms with E-state index in [0.29, 0.717) is 5.69 Å². The number of nitrogens with zero attached hydrogens (tertiary/aromatic N) is 3. The third-order valence-electron chi connectivity index (χ3n) is 6.34. The lowest BCUT2D eigenvalue weighted by molar-refractivity contribution is 0.0428. The third kappa shape index (κ3) is 4.37. The molecule has 1 fully saturated rings. The summed E-state index contributed by atoms with van der Waals surface area (Å²) in [6.45, 7) is 9.02. The molecule has 1 aromatic heterocycles. The van der Waals surface area contributed by atoms with Gasteiger partial charge in [-0.15, -0.1) is 0 Å². The van der Waals surface area contributed by atoms with Crippen molar-refractivity contribution < 1.29 is 14.6 Å². The standard InChI is InChI=1S/C24H32N4O3/c1-16-14-25-19(15-29)21(26-16)28-11-9-24(10-12-28)13-17-7-5-6-8-18(17)20(24)27-22(30)31-23(2,3)4/h5-8,14,20,29H,9-13,15H2,1-4H3,(H,27,30). The first-order chi connectivity index (χ1) is 14.7. The summed E-state index contributed by atoms with van der Waals surface area (Å²) < 4.78 is 5.58. The highest BCUT2D eigenvalue weighted by molar-refractivity contribution is 5.69. The van der Waals surface area contributed by atoms with Gasteiger partial charge in [0.1, 0.15) is 11.3 Å². The molecule has 2 heterocycles. The van der Waals surface area contributed by atoms with E-state index < -0.39 is 5.60 Å². The third-order valence-corrected chi connectivity index (χ3v) is 6.34. The van der Waals surface area contributed by atoms with E-state index in [0.717, 1.165) is 43.9 Å². The molecule has 0 bridgehead atoms. The van der Waals surface area contributed by atoms with Crippen molar-refractivity contribution in [2.75, 3.05) is 18.0 Å². The zero-order valence-electron chi connectivity index (χ0n) is 18.8. The van der Waals surface area contributed by atoms with Gasteiger partial charge in [-0.25, -0.2) is 9.78 Å².